The van der Waals surface area contributed by atoms with Crippen LogP contribution in [0, 0.1) is 0 Å². The third kappa shape index (κ3) is 2.90. The highest BCUT2D eigenvalue weighted by molar-refractivity contribution is 5.49. The van der Waals surface area contributed by atoms with Crippen LogP contribution < -0.4 is 5.32 Å². The molecule has 15 heavy (non-hydrogen) atoms. The number of nitrogens with one attached hydrogen (secondary N) is 1. The zero-order chi connectivity index (χ0) is 10.5. The van der Waals surface area contributed by atoms with Crippen LogP contribution in [-0.2, 0) is 14.3 Å². The molecule has 1 amide bonds. The molecule has 1 unspecified atom stereocenters. The van der Waals surface area contributed by atoms with Crippen molar-refractivity contribution in [2.24, 2.45) is 0 Å². The van der Waals surface area contributed by atoms with Gasteiger partial charge in [-0.25, -0.2) is 0 Å². The molecule has 1 N–H and O–H groups in total. The molecule has 2 saturated heterocycles. The lowest BCUT2D eigenvalue weighted by atomic mass is 10.1. The van der Waals surface area contributed by atoms with Crippen molar-refractivity contribution in [3.8, 4) is 0 Å². The summed E-state index contributed by atoms with van der Waals surface area (Å²) in [6.45, 7) is 3.85. The SMILES string of the molecule is O=[C]N1CCNCC1CCC1OCCO1. The first-order chi connectivity index (χ1) is 7.40. The third-order valence-corrected chi connectivity index (χ3v) is 2.89. The van der Waals surface area contributed by atoms with Crippen LogP contribution in [0.5, 0.6) is 0 Å². The summed E-state index contributed by atoms with van der Waals surface area (Å²) in [5, 5.41) is 3.27. The maximum Gasteiger partial charge on any atom is 0.312 e. The fourth-order valence-electron chi connectivity index (χ4n) is 2.04. The first-order valence-corrected chi connectivity index (χ1v) is 5.48. The molecule has 0 aromatic carbocycles. The molecule has 2 fully saturated rings. The van der Waals surface area contributed by atoms with Crippen LogP contribution in [0.3, 0.4) is 0 Å². The monoisotopic (exact) mass is 213 g/mol. The summed E-state index contributed by atoms with van der Waals surface area (Å²) in [6, 6.07) is 0.240. The Labute approximate surface area is 89.7 Å². The summed E-state index contributed by atoms with van der Waals surface area (Å²) in [7, 11) is 0. The number of hydrogen-bond donors (Lipinski definition) is 1. The molecule has 0 aliphatic carbocycles. The van der Waals surface area contributed by atoms with Crippen molar-refractivity contribution < 1.29 is 14.3 Å². The maximum atomic E-state index is 10.7. The summed E-state index contributed by atoms with van der Waals surface area (Å²) in [4.78, 5) is 12.4. The molecule has 0 aromatic heterocycles. The van der Waals surface area contributed by atoms with Crippen molar-refractivity contribution >= 4 is 6.41 Å². The molecule has 0 spiro atoms. The Balaban J connectivity index is 1.73. The molecule has 0 bridgehead atoms. The Morgan fingerprint density at radius 3 is 2.87 bits per heavy atom. The Kier molecular flexibility index (Phi) is 3.94. The van der Waals surface area contributed by atoms with Crippen LogP contribution in [0.15, 0.2) is 0 Å². The van der Waals surface area contributed by atoms with Gasteiger partial charge >= 0.3 is 6.41 Å². The Morgan fingerprint density at radius 2 is 2.13 bits per heavy atom. The number of amides is 1. The predicted molar refractivity (Wildman–Crippen MR) is 54.0 cm³/mol. The van der Waals surface area contributed by atoms with Gasteiger partial charge in [0.25, 0.3) is 0 Å². The Morgan fingerprint density at radius 1 is 1.33 bits per heavy atom. The average molecular weight is 213 g/mol. The van der Waals surface area contributed by atoms with Gasteiger partial charge in [-0.05, 0) is 6.42 Å². The smallest absolute Gasteiger partial charge is 0.312 e. The number of carbonyl (C=O) groups excluding carboxylic acids is 1. The highest BCUT2D eigenvalue weighted by Gasteiger charge is 2.24. The van der Waals surface area contributed by atoms with E-state index in [1.54, 1.807) is 4.90 Å². The first kappa shape index (κ1) is 10.9. The van der Waals surface area contributed by atoms with Gasteiger partial charge < -0.3 is 19.7 Å². The van der Waals surface area contributed by atoms with Crippen molar-refractivity contribution in [2.75, 3.05) is 32.8 Å². The highest BCUT2D eigenvalue weighted by Crippen LogP contribution is 2.14. The summed E-state index contributed by atoms with van der Waals surface area (Å²) >= 11 is 0. The van der Waals surface area contributed by atoms with Gasteiger partial charge in [-0.3, -0.25) is 4.79 Å². The van der Waals surface area contributed by atoms with Crippen molar-refractivity contribution in [1.82, 2.24) is 10.2 Å². The summed E-state index contributed by atoms with van der Waals surface area (Å²) in [5.41, 5.74) is 0. The largest absolute Gasteiger partial charge is 0.350 e. The van der Waals surface area contributed by atoms with E-state index in [1.807, 2.05) is 6.41 Å². The van der Waals surface area contributed by atoms with Crippen LogP contribution in [0.25, 0.3) is 0 Å². The zero-order valence-electron chi connectivity index (χ0n) is 8.78. The lowest BCUT2D eigenvalue weighted by Crippen LogP contribution is -2.50. The van der Waals surface area contributed by atoms with Gasteiger partial charge in [-0.1, -0.05) is 0 Å². The van der Waals surface area contributed by atoms with Gasteiger partial charge in [0.15, 0.2) is 6.29 Å². The van der Waals surface area contributed by atoms with Crippen molar-refractivity contribution in [3.05, 3.63) is 0 Å². The first-order valence-electron chi connectivity index (χ1n) is 5.48. The normalized spacial score (nSPS) is 28.3. The molecule has 2 rings (SSSR count). The number of ether oxygens (including phenoxy) is 2. The van der Waals surface area contributed by atoms with Crippen LogP contribution in [-0.4, -0.2) is 56.5 Å². The van der Waals surface area contributed by atoms with Gasteiger partial charge in [0.2, 0.25) is 0 Å². The minimum atomic E-state index is -0.0690. The molecule has 1 atom stereocenters. The third-order valence-electron chi connectivity index (χ3n) is 2.89. The topological polar surface area (TPSA) is 50.8 Å². The number of rotatable bonds is 4. The van der Waals surface area contributed by atoms with E-state index in [4.69, 9.17) is 9.47 Å². The van der Waals surface area contributed by atoms with E-state index < -0.39 is 0 Å². The molecule has 2 heterocycles. The Hall–Kier alpha value is -0.650. The second-order valence-electron chi connectivity index (χ2n) is 3.89. The zero-order valence-corrected chi connectivity index (χ0v) is 8.78. The summed E-state index contributed by atoms with van der Waals surface area (Å²) < 4.78 is 10.7. The van der Waals surface area contributed by atoms with E-state index in [-0.39, 0.29) is 12.3 Å². The van der Waals surface area contributed by atoms with E-state index in [2.05, 4.69) is 5.32 Å². The van der Waals surface area contributed by atoms with Gasteiger partial charge in [0.05, 0.1) is 13.2 Å². The minimum absolute atomic E-state index is 0.0690. The minimum Gasteiger partial charge on any atom is -0.350 e. The number of piperazine rings is 1. The van der Waals surface area contributed by atoms with Gasteiger partial charge in [0.1, 0.15) is 0 Å². The van der Waals surface area contributed by atoms with Gasteiger partial charge in [-0.2, -0.15) is 0 Å². The summed E-state index contributed by atoms with van der Waals surface area (Å²) in [6.07, 6.45) is 3.68. The standard InChI is InChI=1S/C10H17N2O3/c13-8-12-4-3-11-7-9(12)1-2-10-14-5-6-15-10/h9-11H,1-7H2. The van der Waals surface area contributed by atoms with E-state index in [1.165, 1.54) is 0 Å². The lowest BCUT2D eigenvalue weighted by molar-refractivity contribution is -0.0509. The average Bonchev–Trinajstić information content (AvgIpc) is 2.79. The predicted octanol–water partition coefficient (Wildman–Crippen LogP) is -0.519. The molecule has 5 heteroatoms. The summed E-state index contributed by atoms with van der Waals surface area (Å²) in [5.74, 6) is 0. The molecular weight excluding hydrogens is 196 g/mol. The van der Waals surface area contributed by atoms with Crippen LogP contribution >= 0.6 is 0 Å². The lowest BCUT2D eigenvalue weighted by Gasteiger charge is -2.32. The number of hydrogen-bond acceptors (Lipinski definition) is 4. The molecule has 5 nitrogen and oxygen atoms in total. The van der Waals surface area contributed by atoms with Crippen molar-refractivity contribution in [3.63, 3.8) is 0 Å². The van der Waals surface area contributed by atoms with Crippen LogP contribution in [0.2, 0.25) is 0 Å². The molecule has 85 valence electrons. The Bertz CT molecular complexity index is 207. The maximum absolute atomic E-state index is 10.7. The van der Waals surface area contributed by atoms with Gasteiger partial charge in [0, 0.05) is 32.1 Å². The van der Waals surface area contributed by atoms with Crippen molar-refractivity contribution in [2.45, 2.75) is 25.2 Å². The van der Waals surface area contributed by atoms with Crippen LogP contribution in [0.4, 0.5) is 0 Å². The van der Waals surface area contributed by atoms with Gasteiger partial charge in [-0.15, -0.1) is 0 Å². The molecular formula is C10H17N2O3. The molecule has 1 radical (unpaired) electrons. The molecule has 0 aromatic rings. The van der Waals surface area contributed by atoms with Crippen LogP contribution in [0.1, 0.15) is 12.8 Å². The molecule has 0 saturated carbocycles. The quantitative estimate of drug-likeness (QED) is 0.683. The molecule has 2 aliphatic rings. The van der Waals surface area contributed by atoms with E-state index >= 15 is 0 Å². The molecule has 2 aliphatic heterocycles. The van der Waals surface area contributed by atoms with E-state index in [0.29, 0.717) is 13.2 Å². The fourth-order valence-corrected chi connectivity index (χ4v) is 2.04. The second kappa shape index (κ2) is 5.44. The second-order valence-corrected chi connectivity index (χ2v) is 3.89. The number of nitrogens with zero attached hydrogens (tertiary/aromatic N) is 1. The van der Waals surface area contributed by atoms with Crippen molar-refractivity contribution in [1.29, 1.82) is 0 Å². The van der Waals surface area contributed by atoms with E-state index in [0.717, 1.165) is 32.5 Å². The highest BCUT2D eigenvalue weighted by atomic mass is 16.7. The fraction of sp³-hybridized carbons (Fsp3) is 0.900. The van der Waals surface area contributed by atoms with E-state index in [9.17, 15) is 4.79 Å².